The Hall–Kier alpha value is -1.31. The standard InChI is InChI=1S/C14H18O2/c1-14(2)7-6-11-8-10(4-5-12(11)14)9-13(15)16-3/h4-5,8H,6-7,9H2,1-3H3. The van der Waals surface area contributed by atoms with Crippen molar-refractivity contribution in [3.8, 4) is 0 Å². The third-order valence-corrected chi connectivity index (χ3v) is 3.49. The van der Waals surface area contributed by atoms with Crippen LogP contribution in [0.2, 0.25) is 0 Å². The first-order valence-electron chi connectivity index (χ1n) is 5.72. The molecule has 2 nitrogen and oxygen atoms in total. The van der Waals surface area contributed by atoms with Gasteiger partial charge in [0.05, 0.1) is 13.5 Å². The average molecular weight is 218 g/mol. The van der Waals surface area contributed by atoms with Crippen LogP contribution in [0.15, 0.2) is 18.2 Å². The van der Waals surface area contributed by atoms with Gasteiger partial charge in [0, 0.05) is 0 Å². The quantitative estimate of drug-likeness (QED) is 0.713. The molecule has 0 spiro atoms. The Morgan fingerprint density at radius 2 is 2.19 bits per heavy atom. The smallest absolute Gasteiger partial charge is 0.309 e. The van der Waals surface area contributed by atoms with Gasteiger partial charge in [-0.3, -0.25) is 4.79 Å². The van der Waals surface area contributed by atoms with Gasteiger partial charge >= 0.3 is 5.97 Å². The Morgan fingerprint density at radius 1 is 1.44 bits per heavy atom. The number of carbonyl (C=O) groups is 1. The molecule has 1 aromatic carbocycles. The van der Waals surface area contributed by atoms with E-state index >= 15 is 0 Å². The van der Waals surface area contributed by atoms with Crippen LogP contribution in [0.3, 0.4) is 0 Å². The maximum Gasteiger partial charge on any atom is 0.309 e. The summed E-state index contributed by atoms with van der Waals surface area (Å²) in [6.45, 7) is 4.55. The van der Waals surface area contributed by atoms with Crippen molar-refractivity contribution in [1.82, 2.24) is 0 Å². The van der Waals surface area contributed by atoms with Crippen LogP contribution in [-0.4, -0.2) is 13.1 Å². The van der Waals surface area contributed by atoms with Crippen LogP contribution in [0.4, 0.5) is 0 Å². The summed E-state index contributed by atoms with van der Waals surface area (Å²) < 4.78 is 4.68. The fraction of sp³-hybridized carbons (Fsp3) is 0.500. The topological polar surface area (TPSA) is 26.3 Å². The summed E-state index contributed by atoms with van der Waals surface area (Å²) in [5, 5.41) is 0. The SMILES string of the molecule is COC(=O)Cc1ccc2c(c1)CCC2(C)C. The molecule has 0 aliphatic heterocycles. The number of methoxy groups -OCH3 is 1. The molecular formula is C14H18O2. The van der Waals surface area contributed by atoms with E-state index in [2.05, 4.69) is 30.7 Å². The Labute approximate surface area is 96.6 Å². The molecule has 0 N–H and O–H groups in total. The molecule has 0 fully saturated rings. The maximum absolute atomic E-state index is 11.2. The number of ether oxygens (including phenoxy) is 1. The predicted molar refractivity (Wildman–Crippen MR) is 63.5 cm³/mol. The van der Waals surface area contributed by atoms with Gasteiger partial charge in [0.25, 0.3) is 0 Å². The minimum Gasteiger partial charge on any atom is -0.469 e. The van der Waals surface area contributed by atoms with Crippen molar-refractivity contribution in [2.45, 2.75) is 38.5 Å². The van der Waals surface area contributed by atoms with E-state index < -0.39 is 0 Å². The van der Waals surface area contributed by atoms with Gasteiger partial charge in [-0.2, -0.15) is 0 Å². The predicted octanol–water partition coefficient (Wildman–Crippen LogP) is 2.63. The number of rotatable bonds is 2. The highest BCUT2D eigenvalue weighted by molar-refractivity contribution is 5.72. The van der Waals surface area contributed by atoms with Crippen LogP contribution >= 0.6 is 0 Å². The third-order valence-electron chi connectivity index (χ3n) is 3.49. The van der Waals surface area contributed by atoms with E-state index in [4.69, 9.17) is 0 Å². The Morgan fingerprint density at radius 3 is 2.88 bits per heavy atom. The van der Waals surface area contributed by atoms with Crippen molar-refractivity contribution in [3.63, 3.8) is 0 Å². The van der Waals surface area contributed by atoms with Crippen LogP contribution in [0.25, 0.3) is 0 Å². The Bertz CT molecular complexity index is 419. The highest BCUT2D eigenvalue weighted by Gasteiger charge is 2.29. The molecule has 2 heteroatoms. The van der Waals surface area contributed by atoms with Gasteiger partial charge in [-0.15, -0.1) is 0 Å². The summed E-state index contributed by atoms with van der Waals surface area (Å²) in [5.41, 5.74) is 4.18. The van der Waals surface area contributed by atoms with Crippen LogP contribution < -0.4 is 0 Å². The second-order valence-electron chi connectivity index (χ2n) is 5.13. The summed E-state index contributed by atoms with van der Waals surface area (Å²) in [5.74, 6) is -0.169. The number of fused-ring (bicyclic) bond motifs is 1. The zero-order valence-corrected chi connectivity index (χ0v) is 10.2. The molecule has 0 saturated carbocycles. The second-order valence-corrected chi connectivity index (χ2v) is 5.13. The van der Waals surface area contributed by atoms with E-state index in [9.17, 15) is 4.79 Å². The summed E-state index contributed by atoms with van der Waals surface area (Å²) in [7, 11) is 1.43. The lowest BCUT2D eigenvalue weighted by atomic mass is 9.86. The minimum atomic E-state index is -0.169. The monoisotopic (exact) mass is 218 g/mol. The van der Waals surface area contributed by atoms with E-state index in [-0.39, 0.29) is 5.97 Å². The molecule has 1 aliphatic rings. The van der Waals surface area contributed by atoms with Gasteiger partial charge in [0.15, 0.2) is 0 Å². The first kappa shape index (κ1) is 11.2. The largest absolute Gasteiger partial charge is 0.469 e. The van der Waals surface area contributed by atoms with Gasteiger partial charge in [0.2, 0.25) is 0 Å². The van der Waals surface area contributed by atoms with Crippen molar-refractivity contribution < 1.29 is 9.53 Å². The van der Waals surface area contributed by atoms with Crippen LogP contribution in [0.1, 0.15) is 37.0 Å². The van der Waals surface area contributed by atoms with E-state index in [1.54, 1.807) is 0 Å². The van der Waals surface area contributed by atoms with Gasteiger partial charge in [-0.25, -0.2) is 0 Å². The number of aryl methyl sites for hydroxylation is 1. The number of esters is 1. The van der Waals surface area contributed by atoms with Crippen LogP contribution in [-0.2, 0) is 27.8 Å². The summed E-state index contributed by atoms with van der Waals surface area (Å²) in [6.07, 6.45) is 2.70. The Balaban J connectivity index is 2.25. The first-order valence-corrected chi connectivity index (χ1v) is 5.72. The Kier molecular flexibility index (Phi) is 2.75. The second kappa shape index (κ2) is 3.93. The third kappa shape index (κ3) is 1.97. The summed E-state index contributed by atoms with van der Waals surface area (Å²) >= 11 is 0. The molecular weight excluding hydrogens is 200 g/mol. The van der Waals surface area contributed by atoms with E-state index in [1.165, 1.54) is 24.7 Å². The average Bonchev–Trinajstić information content (AvgIpc) is 2.54. The normalized spacial score (nSPS) is 16.9. The van der Waals surface area contributed by atoms with Crippen molar-refractivity contribution in [2.24, 2.45) is 0 Å². The lowest BCUT2D eigenvalue weighted by Crippen LogP contribution is -2.12. The summed E-state index contributed by atoms with van der Waals surface area (Å²) in [6, 6.07) is 6.37. The van der Waals surface area contributed by atoms with Gasteiger partial charge in [0.1, 0.15) is 0 Å². The van der Waals surface area contributed by atoms with Crippen molar-refractivity contribution in [3.05, 3.63) is 34.9 Å². The molecule has 0 amide bonds. The van der Waals surface area contributed by atoms with Crippen molar-refractivity contribution >= 4 is 5.97 Å². The lowest BCUT2D eigenvalue weighted by molar-refractivity contribution is -0.139. The molecule has 0 bridgehead atoms. The zero-order chi connectivity index (χ0) is 11.8. The minimum absolute atomic E-state index is 0.169. The molecule has 0 radical (unpaired) electrons. The molecule has 0 unspecified atom stereocenters. The number of carbonyl (C=O) groups excluding carboxylic acids is 1. The lowest BCUT2D eigenvalue weighted by Gasteiger charge is -2.18. The fourth-order valence-corrected chi connectivity index (χ4v) is 2.44. The fourth-order valence-electron chi connectivity index (χ4n) is 2.44. The van der Waals surface area contributed by atoms with Gasteiger partial charge in [-0.1, -0.05) is 32.0 Å². The maximum atomic E-state index is 11.2. The summed E-state index contributed by atoms with van der Waals surface area (Å²) in [4.78, 5) is 11.2. The molecule has 1 aromatic rings. The van der Waals surface area contributed by atoms with Gasteiger partial charge < -0.3 is 4.74 Å². The van der Waals surface area contributed by atoms with Gasteiger partial charge in [-0.05, 0) is 34.9 Å². The van der Waals surface area contributed by atoms with Crippen molar-refractivity contribution in [1.29, 1.82) is 0 Å². The molecule has 0 aromatic heterocycles. The molecule has 16 heavy (non-hydrogen) atoms. The number of benzene rings is 1. The van der Waals surface area contributed by atoms with Crippen LogP contribution in [0.5, 0.6) is 0 Å². The number of hydrogen-bond donors (Lipinski definition) is 0. The molecule has 86 valence electrons. The van der Waals surface area contributed by atoms with Crippen molar-refractivity contribution in [2.75, 3.05) is 7.11 Å². The molecule has 0 saturated heterocycles. The first-order chi connectivity index (χ1) is 7.53. The molecule has 0 atom stereocenters. The molecule has 1 aliphatic carbocycles. The van der Waals surface area contributed by atoms with E-state index in [0.29, 0.717) is 11.8 Å². The highest BCUT2D eigenvalue weighted by atomic mass is 16.5. The molecule has 2 rings (SSSR count). The van der Waals surface area contributed by atoms with Crippen LogP contribution in [0, 0.1) is 0 Å². The van der Waals surface area contributed by atoms with E-state index in [0.717, 1.165) is 12.0 Å². The van der Waals surface area contributed by atoms with E-state index in [1.807, 2.05) is 6.07 Å². The number of hydrogen-bond acceptors (Lipinski definition) is 2. The molecule has 0 heterocycles. The zero-order valence-electron chi connectivity index (χ0n) is 10.2. The highest BCUT2D eigenvalue weighted by Crippen LogP contribution is 2.38.